The van der Waals surface area contributed by atoms with E-state index in [-0.39, 0.29) is 41.7 Å². The van der Waals surface area contributed by atoms with E-state index in [0.29, 0.717) is 23.1 Å². The smallest absolute Gasteiger partial charge is 0.242 e. The molecule has 0 radical (unpaired) electrons. The molecule has 1 saturated heterocycles. The molecule has 33 heavy (non-hydrogen) atoms. The summed E-state index contributed by atoms with van der Waals surface area (Å²) < 4.78 is 39.4. The van der Waals surface area contributed by atoms with Crippen LogP contribution in [0.15, 0.2) is 42.5 Å². The lowest BCUT2D eigenvalue weighted by molar-refractivity contribution is -0.131. The summed E-state index contributed by atoms with van der Waals surface area (Å²) in [4.78, 5) is 25.8. The van der Waals surface area contributed by atoms with Gasteiger partial charge in [-0.3, -0.25) is 9.59 Å². The number of benzene rings is 2. The van der Waals surface area contributed by atoms with Crippen LogP contribution in [-0.2, 0) is 9.59 Å². The van der Waals surface area contributed by atoms with Gasteiger partial charge in [-0.2, -0.15) is 0 Å². The number of carbonyl (C=O) groups is 2. The molecule has 2 aliphatic rings. The Hall–Kier alpha value is -3.33. The predicted molar refractivity (Wildman–Crippen MR) is 117 cm³/mol. The van der Waals surface area contributed by atoms with Crippen molar-refractivity contribution in [3.05, 3.63) is 59.9 Å². The van der Waals surface area contributed by atoms with E-state index < -0.39 is 17.7 Å². The lowest BCUT2D eigenvalue weighted by atomic mass is 9.84. The molecule has 4 N–H and O–H groups in total. The van der Waals surface area contributed by atoms with Gasteiger partial charge in [-0.25, -0.2) is 13.2 Å². The van der Waals surface area contributed by atoms with E-state index in [2.05, 4.69) is 15.6 Å². The molecule has 1 saturated carbocycles. The number of aromatic nitrogens is 1. The number of aliphatic hydroxyl groups is 1. The Morgan fingerprint density at radius 1 is 1.06 bits per heavy atom. The topological polar surface area (TPSA) is 94.2 Å². The molecule has 2 unspecified atom stereocenters. The van der Waals surface area contributed by atoms with Gasteiger partial charge in [0.1, 0.15) is 23.5 Å². The van der Waals surface area contributed by atoms with Crippen molar-refractivity contribution in [2.75, 3.05) is 6.61 Å². The second-order valence-electron chi connectivity index (χ2n) is 8.35. The number of halogens is 3. The molecule has 2 heterocycles. The first-order chi connectivity index (χ1) is 15.8. The average Bonchev–Trinajstić information content (AvgIpc) is 3.31. The Morgan fingerprint density at radius 2 is 1.79 bits per heavy atom. The molecular formula is C24H24F3N3O3. The number of carbonyl (C=O) groups excluding carboxylic acids is 2. The first-order valence-corrected chi connectivity index (χ1v) is 10.8. The minimum Gasteiger partial charge on any atom is -0.394 e. The van der Waals surface area contributed by atoms with Crippen molar-refractivity contribution in [2.45, 2.75) is 37.8 Å². The summed E-state index contributed by atoms with van der Waals surface area (Å²) in [5.41, 5.74) is 1.58. The minimum atomic E-state index is -0.640. The monoisotopic (exact) mass is 459 g/mol. The second-order valence-corrected chi connectivity index (χ2v) is 8.35. The quantitative estimate of drug-likeness (QED) is 0.482. The van der Waals surface area contributed by atoms with Gasteiger partial charge >= 0.3 is 0 Å². The Kier molecular flexibility index (Phi) is 6.69. The molecule has 3 aromatic rings. The third kappa shape index (κ3) is 5.19. The Bertz CT molecular complexity index is 1160. The van der Waals surface area contributed by atoms with Crippen LogP contribution in [0.25, 0.3) is 22.2 Å². The second kappa shape index (κ2) is 9.66. The third-order valence-corrected chi connectivity index (χ3v) is 6.00. The summed E-state index contributed by atoms with van der Waals surface area (Å²) >= 11 is 0. The predicted octanol–water partition coefficient (Wildman–Crippen LogP) is 3.40. The number of hydrogen-bond donors (Lipinski definition) is 4. The third-order valence-electron chi connectivity index (χ3n) is 6.00. The van der Waals surface area contributed by atoms with Crippen LogP contribution in [0.5, 0.6) is 0 Å². The molecule has 9 heteroatoms. The van der Waals surface area contributed by atoms with Crippen molar-refractivity contribution in [1.29, 1.82) is 0 Å². The molecule has 1 aliphatic heterocycles. The molecular weight excluding hydrogens is 435 g/mol. The molecule has 5 rings (SSSR count). The summed E-state index contributed by atoms with van der Waals surface area (Å²) in [5, 5.41) is 14.7. The largest absolute Gasteiger partial charge is 0.394 e. The van der Waals surface area contributed by atoms with Gasteiger partial charge in [-0.05, 0) is 61.2 Å². The summed E-state index contributed by atoms with van der Waals surface area (Å²) in [5.74, 6) is -1.69. The van der Waals surface area contributed by atoms with Crippen LogP contribution in [0.1, 0.15) is 25.7 Å². The van der Waals surface area contributed by atoms with Crippen molar-refractivity contribution < 1.29 is 27.9 Å². The van der Waals surface area contributed by atoms with Crippen molar-refractivity contribution in [1.82, 2.24) is 15.6 Å². The van der Waals surface area contributed by atoms with Gasteiger partial charge in [0.25, 0.3) is 0 Å². The molecule has 2 atom stereocenters. The first kappa shape index (κ1) is 22.8. The SMILES string of the molecule is Fc1ccc(-c2cc3cc(F)cc(F)c3[nH]2)cc1.O=C(NC1CC(CO)NC1=O)C1CCC1. The van der Waals surface area contributed by atoms with E-state index in [9.17, 15) is 22.8 Å². The Balaban J connectivity index is 0.000000160. The van der Waals surface area contributed by atoms with Gasteiger partial charge in [-0.15, -0.1) is 0 Å². The molecule has 2 amide bonds. The van der Waals surface area contributed by atoms with E-state index in [4.69, 9.17) is 5.11 Å². The zero-order chi connectivity index (χ0) is 23.5. The number of hydrogen-bond acceptors (Lipinski definition) is 3. The highest BCUT2D eigenvalue weighted by Crippen LogP contribution is 2.27. The van der Waals surface area contributed by atoms with E-state index >= 15 is 0 Å². The van der Waals surface area contributed by atoms with Gasteiger partial charge in [0.05, 0.1) is 18.2 Å². The summed E-state index contributed by atoms with van der Waals surface area (Å²) in [7, 11) is 0. The minimum absolute atomic E-state index is 0.0139. The summed E-state index contributed by atoms with van der Waals surface area (Å²) in [6.45, 7) is -0.0679. The summed E-state index contributed by atoms with van der Waals surface area (Å²) in [6.07, 6.45) is 3.47. The normalized spacial score (nSPS) is 20.1. The summed E-state index contributed by atoms with van der Waals surface area (Å²) in [6, 6.07) is 8.85. The van der Waals surface area contributed by atoms with Crippen LogP contribution >= 0.6 is 0 Å². The standard InChI is InChI=1S/C14H8F3N.C10H16N2O3/c15-10-3-1-8(2-4-10)13-6-9-5-11(16)7-12(17)14(9)18-13;13-5-7-4-8(10(15)11-7)12-9(14)6-2-1-3-6/h1-7,18H;6-8,13H,1-5H2,(H,11,15)(H,12,14). The molecule has 0 spiro atoms. The number of fused-ring (bicyclic) bond motifs is 1. The average molecular weight is 459 g/mol. The lowest BCUT2D eigenvalue weighted by Gasteiger charge is -2.25. The van der Waals surface area contributed by atoms with Gasteiger partial charge in [0, 0.05) is 23.1 Å². The van der Waals surface area contributed by atoms with E-state index in [1.54, 1.807) is 18.2 Å². The molecule has 6 nitrogen and oxygen atoms in total. The van der Waals surface area contributed by atoms with Gasteiger partial charge in [0.2, 0.25) is 11.8 Å². The fourth-order valence-corrected chi connectivity index (χ4v) is 3.91. The van der Waals surface area contributed by atoms with Crippen molar-refractivity contribution in [3.8, 4) is 11.3 Å². The zero-order valence-corrected chi connectivity index (χ0v) is 17.7. The molecule has 174 valence electrons. The number of rotatable bonds is 4. The molecule has 2 fully saturated rings. The molecule has 1 aromatic heterocycles. The van der Waals surface area contributed by atoms with Crippen LogP contribution in [-0.4, -0.2) is 40.6 Å². The van der Waals surface area contributed by atoms with Crippen molar-refractivity contribution in [3.63, 3.8) is 0 Å². The highest BCUT2D eigenvalue weighted by molar-refractivity contribution is 5.90. The van der Waals surface area contributed by atoms with Gasteiger partial charge in [-0.1, -0.05) is 6.42 Å². The van der Waals surface area contributed by atoms with E-state index in [0.717, 1.165) is 25.3 Å². The number of H-pyrrole nitrogens is 1. The Morgan fingerprint density at radius 3 is 2.39 bits per heavy atom. The van der Waals surface area contributed by atoms with Crippen molar-refractivity contribution in [2.24, 2.45) is 5.92 Å². The highest BCUT2D eigenvalue weighted by atomic mass is 19.1. The number of nitrogens with one attached hydrogen (secondary N) is 3. The number of amides is 2. The molecule has 0 bridgehead atoms. The van der Waals surface area contributed by atoms with Gasteiger partial charge in [0.15, 0.2) is 0 Å². The lowest BCUT2D eigenvalue weighted by Crippen LogP contribution is -2.44. The fourth-order valence-electron chi connectivity index (χ4n) is 3.91. The number of aliphatic hydroxyl groups excluding tert-OH is 1. The maximum atomic E-state index is 13.5. The number of aromatic amines is 1. The highest BCUT2D eigenvalue weighted by Gasteiger charge is 2.35. The van der Waals surface area contributed by atoms with Crippen LogP contribution in [0.2, 0.25) is 0 Å². The molecule has 1 aliphatic carbocycles. The van der Waals surface area contributed by atoms with E-state index in [1.807, 2.05) is 0 Å². The van der Waals surface area contributed by atoms with Gasteiger partial charge < -0.3 is 20.7 Å². The first-order valence-electron chi connectivity index (χ1n) is 10.8. The van der Waals surface area contributed by atoms with Crippen LogP contribution in [0, 0.1) is 23.4 Å². The molecule has 2 aromatic carbocycles. The van der Waals surface area contributed by atoms with Crippen LogP contribution in [0.4, 0.5) is 13.2 Å². The fraction of sp³-hybridized carbons (Fsp3) is 0.333. The Labute approximate surface area is 188 Å². The van der Waals surface area contributed by atoms with Crippen molar-refractivity contribution >= 4 is 22.7 Å². The maximum Gasteiger partial charge on any atom is 0.242 e. The van der Waals surface area contributed by atoms with E-state index in [1.165, 1.54) is 18.2 Å². The zero-order valence-electron chi connectivity index (χ0n) is 17.7. The maximum absolute atomic E-state index is 13.5. The van der Waals surface area contributed by atoms with Crippen LogP contribution < -0.4 is 10.6 Å². The van der Waals surface area contributed by atoms with Crippen LogP contribution in [0.3, 0.4) is 0 Å².